The lowest BCUT2D eigenvalue weighted by Crippen LogP contribution is -2.49. The van der Waals surface area contributed by atoms with Crippen molar-refractivity contribution in [3.05, 3.63) is 0 Å². The molecule has 0 aromatic carbocycles. The van der Waals surface area contributed by atoms with Crippen molar-refractivity contribution in [2.24, 2.45) is 0 Å². The lowest BCUT2D eigenvalue weighted by Gasteiger charge is -2.37. The summed E-state index contributed by atoms with van der Waals surface area (Å²) < 4.78 is 15.7. The van der Waals surface area contributed by atoms with Crippen molar-refractivity contribution in [3.8, 4) is 0 Å². The summed E-state index contributed by atoms with van der Waals surface area (Å²) in [4.78, 5) is 0. The van der Waals surface area contributed by atoms with E-state index in [0.29, 0.717) is 5.54 Å². The molecule has 0 atom stereocenters. The van der Waals surface area contributed by atoms with Crippen LogP contribution in [0.1, 0.15) is 0 Å². The van der Waals surface area contributed by atoms with Crippen molar-refractivity contribution in [2.75, 3.05) is 27.4 Å². The molecule has 0 saturated carbocycles. The maximum atomic E-state index is 5.33. The monoisotopic (exact) mass is 162 g/mol. The van der Waals surface area contributed by atoms with Gasteiger partial charge in [0.2, 0.25) is 0 Å². The van der Waals surface area contributed by atoms with Crippen LogP contribution in [0.4, 0.5) is 0 Å². The molecule has 10 heavy (non-hydrogen) atoms. The molecule has 1 aliphatic heterocycles. The zero-order valence-electron chi connectivity index (χ0n) is 6.72. The molecule has 1 aliphatic rings. The van der Waals surface area contributed by atoms with E-state index in [1.165, 1.54) is 0 Å². The first kappa shape index (κ1) is 8.20. The van der Waals surface area contributed by atoms with Gasteiger partial charge in [0.05, 0.1) is 13.2 Å². The fourth-order valence-corrected chi connectivity index (χ4v) is 2.63. The summed E-state index contributed by atoms with van der Waals surface area (Å²) in [6, 6.07) is 0. The Morgan fingerprint density at radius 2 is 1.80 bits per heavy atom. The molecular formula is C6H14O3Si. The molecule has 0 radical (unpaired) electrons. The summed E-state index contributed by atoms with van der Waals surface area (Å²) in [5, 5.41) is 0. The van der Waals surface area contributed by atoms with Gasteiger partial charge in [-0.25, -0.2) is 0 Å². The molecule has 3 nitrogen and oxygen atoms in total. The Kier molecular flexibility index (Phi) is 2.46. The molecule has 0 amide bonds. The second kappa shape index (κ2) is 3.00. The summed E-state index contributed by atoms with van der Waals surface area (Å²) in [7, 11) is 1.59. The molecule has 4 heteroatoms. The fraction of sp³-hybridized carbons (Fsp3) is 1.00. The molecule has 1 rings (SSSR count). The topological polar surface area (TPSA) is 27.7 Å². The molecule has 0 aromatic rings. The largest absolute Gasteiger partial charge is 0.397 e. The van der Waals surface area contributed by atoms with E-state index < -0.39 is 8.56 Å². The number of ether oxygens (including phenoxy) is 1. The second-order valence-corrected chi connectivity index (χ2v) is 6.32. The van der Waals surface area contributed by atoms with Gasteiger partial charge < -0.3 is 13.6 Å². The lowest BCUT2D eigenvalue weighted by molar-refractivity contribution is 0.0139. The van der Waals surface area contributed by atoms with Crippen molar-refractivity contribution < 1.29 is 13.6 Å². The molecule has 0 N–H and O–H groups in total. The molecule has 60 valence electrons. The fourth-order valence-electron chi connectivity index (χ4n) is 0.955. The van der Waals surface area contributed by atoms with Crippen LogP contribution in [0.25, 0.3) is 0 Å². The van der Waals surface area contributed by atoms with Crippen LogP contribution in [0, 0.1) is 0 Å². The Morgan fingerprint density at radius 3 is 1.90 bits per heavy atom. The van der Waals surface area contributed by atoms with Gasteiger partial charge in [-0.15, -0.1) is 0 Å². The van der Waals surface area contributed by atoms with E-state index >= 15 is 0 Å². The van der Waals surface area contributed by atoms with E-state index in [0.717, 1.165) is 13.2 Å². The van der Waals surface area contributed by atoms with Gasteiger partial charge in [-0.05, 0) is 6.55 Å². The van der Waals surface area contributed by atoms with Crippen LogP contribution in [-0.4, -0.2) is 36.0 Å². The van der Waals surface area contributed by atoms with E-state index in [1.54, 1.807) is 14.2 Å². The predicted molar refractivity (Wildman–Crippen MR) is 40.2 cm³/mol. The van der Waals surface area contributed by atoms with Gasteiger partial charge in [0, 0.05) is 19.8 Å². The Labute approximate surface area is 62.5 Å². The van der Waals surface area contributed by atoms with E-state index in [9.17, 15) is 0 Å². The highest BCUT2D eigenvalue weighted by atomic mass is 28.4. The highest BCUT2D eigenvalue weighted by molar-refractivity contribution is 6.67. The summed E-state index contributed by atoms with van der Waals surface area (Å²) in [5.41, 5.74) is 0.530. The Morgan fingerprint density at radius 1 is 1.30 bits per heavy atom. The van der Waals surface area contributed by atoms with Gasteiger partial charge in [-0.2, -0.15) is 0 Å². The first-order valence-corrected chi connectivity index (χ1v) is 5.80. The van der Waals surface area contributed by atoms with Crippen molar-refractivity contribution in [1.82, 2.24) is 0 Å². The molecule has 0 aliphatic carbocycles. The Balaban J connectivity index is 2.44. The first-order chi connectivity index (χ1) is 4.73. The zero-order valence-corrected chi connectivity index (χ0v) is 7.72. The minimum absolute atomic E-state index is 0.530. The predicted octanol–water partition coefficient (Wildman–Crippen LogP) is 0.752. The Bertz CT molecular complexity index is 110. The molecule has 1 saturated heterocycles. The minimum Gasteiger partial charge on any atom is -0.397 e. The van der Waals surface area contributed by atoms with Gasteiger partial charge in [0.15, 0.2) is 0 Å². The Hall–Kier alpha value is 0.0969. The van der Waals surface area contributed by atoms with Crippen molar-refractivity contribution in [3.63, 3.8) is 0 Å². The highest BCUT2D eigenvalue weighted by Gasteiger charge is 2.43. The zero-order chi connectivity index (χ0) is 7.61. The van der Waals surface area contributed by atoms with Crippen LogP contribution in [0.3, 0.4) is 0 Å². The first-order valence-electron chi connectivity index (χ1n) is 3.41. The van der Waals surface area contributed by atoms with E-state index in [1.807, 2.05) is 0 Å². The molecule has 0 aromatic heterocycles. The summed E-state index contributed by atoms with van der Waals surface area (Å²) >= 11 is 0. The quantitative estimate of drug-likeness (QED) is 0.573. The van der Waals surface area contributed by atoms with Crippen LogP contribution in [0.2, 0.25) is 12.1 Å². The van der Waals surface area contributed by atoms with Crippen LogP contribution < -0.4 is 0 Å². The van der Waals surface area contributed by atoms with Crippen LogP contribution in [-0.2, 0) is 13.6 Å². The molecule has 1 heterocycles. The van der Waals surface area contributed by atoms with Crippen molar-refractivity contribution in [1.29, 1.82) is 0 Å². The molecule has 0 bridgehead atoms. The smallest absolute Gasteiger partial charge is 0.342 e. The highest BCUT2D eigenvalue weighted by Crippen LogP contribution is 2.29. The SMILES string of the molecule is CO[Si](C)(OC)C1COC1. The third-order valence-electron chi connectivity index (χ3n) is 2.19. The van der Waals surface area contributed by atoms with E-state index in [4.69, 9.17) is 13.6 Å². The van der Waals surface area contributed by atoms with Crippen LogP contribution >= 0.6 is 0 Å². The lowest BCUT2D eigenvalue weighted by atomic mass is 10.4. The number of rotatable bonds is 3. The average molecular weight is 162 g/mol. The standard InChI is InChI=1S/C6H14O3Si/c1-7-10(3,8-2)6-4-9-5-6/h6H,4-5H2,1-3H3. The van der Waals surface area contributed by atoms with E-state index in [-0.39, 0.29) is 0 Å². The number of hydrogen-bond donors (Lipinski definition) is 0. The maximum absolute atomic E-state index is 5.33. The third kappa shape index (κ3) is 1.25. The molecule has 0 unspecified atom stereocenters. The molecular weight excluding hydrogens is 148 g/mol. The van der Waals surface area contributed by atoms with Crippen LogP contribution in [0.15, 0.2) is 0 Å². The van der Waals surface area contributed by atoms with Crippen LogP contribution in [0.5, 0.6) is 0 Å². The molecule has 1 fully saturated rings. The average Bonchev–Trinajstić information content (AvgIpc) is 1.84. The van der Waals surface area contributed by atoms with Gasteiger partial charge >= 0.3 is 8.56 Å². The van der Waals surface area contributed by atoms with Gasteiger partial charge in [-0.3, -0.25) is 0 Å². The summed E-state index contributed by atoms with van der Waals surface area (Å²) in [5.74, 6) is 0. The van der Waals surface area contributed by atoms with Gasteiger partial charge in [0.25, 0.3) is 0 Å². The van der Waals surface area contributed by atoms with Crippen molar-refractivity contribution in [2.45, 2.75) is 12.1 Å². The molecule has 0 spiro atoms. The number of hydrogen-bond acceptors (Lipinski definition) is 3. The summed E-state index contributed by atoms with van der Waals surface area (Å²) in [6.07, 6.45) is 0. The normalized spacial score (nSPS) is 20.7. The maximum Gasteiger partial charge on any atom is 0.342 e. The second-order valence-electron chi connectivity index (χ2n) is 2.66. The third-order valence-corrected chi connectivity index (χ3v) is 5.63. The van der Waals surface area contributed by atoms with Crippen molar-refractivity contribution >= 4 is 8.56 Å². The van der Waals surface area contributed by atoms with Gasteiger partial charge in [0.1, 0.15) is 0 Å². The minimum atomic E-state index is -1.84. The summed E-state index contributed by atoms with van der Waals surface area (Å²) in [6.45, 7) is 3.69. The van der Waals surface area contributed by atoms with E-state index in [2.05, 4.69) is 6.55 Å². The van der Waals surface area contributed by atoms with Gasteiger partial charge in [-0.1, -0.05) is 0 Å².